The molecule has 0 spiro atoms. The van der Waals surface area contributed by atoms with Gasteiger partial charge in [0.05, 0.1) is 13.0 Å². The van der Waals surface area contributed by atoms with Crippen molar-refractivity contribution in [1.29, 1.82) is 0 Å². The molecule has 0 aliphatic heterocycles. The fourth-order valence-corrected chi connectivity index (χ4v) is 2.49. The maximum atomic E-state index is 11.7. The number of carbonyl (C=O) groups excluding carboxylic acids is 1. The summed E-state index contributed by atoms with van der Waals surface area (Å²) in [4.78, 5) is 23.5. The first-order valence-electron chi connectivity index (χ1n) is 9.48. The average molecular weight is 373 g/mol. The molecule has 0 saturated carbocycles. The van der Waals surface area contributed by atoms with Crippen LogP contribution < -0.4 is 4.74 Å². The number of unbranched alkanes of at least 4 members (excludes halogenated alkanes) is 5. The van der Waals surface area contributed by atoms with Gasteiger partial charge < -0.3 is 14.6 Å². The highest BCUT2D eigenvalue weighted by atomic mass is 16.5. The van der Waals surface area contributed by atoms with Gasteiger partial charge in [0.15, 0.2) is 5.82 Å². The molecule has 2 aromatic rings. The molecule has 0 fully saturated rings. The lowest BCUT2D eigenvalue weighted by molar-refractivity contribution is -0.144. The quantitative estimate of drug-likeness (QED) is 0.445. The van der Waals surface area contributed by atoms with Crippen LogP contribution in [-0.4, -0.2) is 39.2 Å². The summed E-state index contributed by atoms with van der Waals surface area (Å²) in [5.74, 6) is -0.00568. The van der Waals surface area contributed by atoms with Gasteiger partial charge in [-0.25, -0.2) is 0 Å². The van der Waals surface area contributed by atoms with Crippen LogP contribution in [0.15, 0.2) is 30.3 Å². The van der Waals surface area contributed by atoms with Crippen molar-refractivity contribution in [3.05, 3.63) is 30.3 Å². The second kappa shape index (κ2) is 11.8. The predicted molar refractivity (Wildman–Crippen MR) is 101 cm³/mol. The van der Waals surface area contributed by atoms with E-state index in [0.29, 0.717) is 12.4 Å². The summed E-state index contributed by atoms with van der Waals surface area (Å²) >= 11 is 0. The van der Waals surface area contributed by atoms with Crippen LogP contribution in [0.25, 0.3) is 11.4 Å². The third-order valence-corrected chi connectivity index (χ3v) is 3.93. The smallest absolute Gasteiger partial charge is 0.323 e. The Bertz CT molecular complexity index is 695. The Balaban J connectivity index is 1.69. The molecule has 0 aliphatic carbocycles. The molecule has 0 saturated heterocycles. The summed E-state index contributed by atoms with van der Waals surface area (Å²) in [6.07, 6.45) is 6.97. The topological polar surface area (TPSA) is 94.4 Å². The number of carbonyl (C=O) groups is 1. The van der Waals surface area contributed by atoms with Crippen molar-refractivity contribution in [1.82, 2.24) is 15.0 Å². The number of rotatable bonds is 12. The molecule has 1 aromatic carbocycles. The minimum Gasteiger partial charge on any atom is -0.479 e. The maximum Gasteiger partial charge on any atom is 0.323 e. The third kappa shape index (κ3) is 8.02. The lowest BCUT2D eigenvalue weighted by atomic mass is 10.1. The molecule has 0 unspecified atom stereocenters. The van der Waals surface area contributed by atoms with Gasteiger partial charge in [0.2, 0.25) is 0 Å². The summed E-state index contributed by atoms with van der Waals surface area (Å²) < 4.78 is 10.6. The number of benzene rings is 1. The van der Waals surface area contributed by atoms with Gasteiger partial charge >= 0.3 is 18.0 Å². The van der Waals surface area contributed by atoms with E-state index in [1.54, 1.807) is 0 Å². The molecule has 27 heavy (non-hydrogen) atoms. The molecule has 146 valence electrons. The molecule has 1 aromatic heterocycles. The van der Waals surface area contributed by atoms with Crippen molar-refractivity contribution in [2.24, 2.45) is 0 Å². The average Bonchev–Trinajstić information content (AvgIpc) is 2.67. The van der Waals surface area contributed by atoms with Crippen molar-refractivity contribution in [3.63, 3.8) is 0 Å². The number of hydrogen-bond donors (Lipinski definition) is 1. The number of esters is 1. The van der Waals surface area contributed by atoms with Gasteiger partial charge in [0.25, 0.3) is 0 Å². The predicted octanol–water partition coefficient (Wildman–Crippen LogP) is 3.92. The first-order valence-corrected chi connectivity index (χ1v) is 9.48. The van der Waals surface area contributed by atoms with Gasteiger partial charge in [-0.1, -0.05) is 69.4 Å². The fraction of sp³-hybridized carbons (Fsp3) is 0.500. The summed E-state index contributed by atoms with van der Waals surface area (Å²) in [6, 6.07) is 8.75. The van der Waals surface area contributed by atoms with Crippen LogP contribution in [0.1, 0.15) is 51.9 Å². The zero-order valence-corrected chi connectivity index (χ0v) is 15.8. The van der Waals surface area contributed by atoms with Crippen LogP contribution in [-0.2, 0) is 9.53 Å². The minimum absolute atomic E-state index is 0.0231. The van der Waals surface area contributed by atoms with E-state index in [4.69, 9.17) is 9.47 Å². The van der Waals surface area contributed by atoms with Gasteiger partial charge in [0.1, 0.15) is 6.61 Å². The first-order chi connectivity index (χ1) is 13.2. The molecule has 1 N–H and O–H groups in total. The Morgan fingerprint density at radius 2 is 1.70 bits per heavy atom. The summed E-state index contributed by atoms with van der Waals surface area (Å²) in [5.41, 5.74) is 0.735. The Labute approximate surface area is 159 Å². The Morgan fingerprint density at radius 1 is 0.963 bits per heavy atom. The lowest BCUT2D eigenvalue weighted by Gasteiger charge is -2.07. The van der Waals surface area contributed by atoms with Crippen molar-refractivity contribution in [2.75, 3.05) is 13.2 Å². The molecule has 0 bridgehead atoms. The summed E-state index contributed by atoms with van der Waals surface area (Å²) in [7, 11) is 0. The minimum atomic E-state index is -0.426. The highest BCUT2D eigenvalue weighted by Crippen LogP contribution is 2.18. The number of nitrogens with zero attached hydrogens (tertiary/aromatic N) is 3. The molecular weight excluding hydrogens is 346 g/mol. The standard InChI is InChI=1S/C20H27N3O4/c1-2-3-4-5-6-10-14-26-17(24)13-15-27-20-22-18(21-19(25)23-20)16-11-8-7-9-12-16/h7-9,11-12H,2-6,10,13-15H2,1H3,(H,21,22,23,25). The highest BCUT2D eigenvalue weighted by molar-refractivity contribution is 5.69. The van der Waals surface area contributed by atoms with Crippen LogP contribution >= 0.6 is 0 Å². The molecule has 7 nitrogen and oxygen atoms in total. The van der Waals surface area contributed by atoms with E-state index in [-0.39, 0.29) is 25.0 Å². The van der Waals surface area contributed by atoms with E-state index < -0.39 is 6.01 Å². The van der Waals surface area contributed by atoms with Crippen molar-refractivity contribution < 1.29 is 19.4 Å². The Kier molecular flexibility index (Phi) is 9.03. The second-order valence-electron chi connectivity index (χ2n) is 6.19. The molecular formula is C20H27N3O4. The molecule has 2 rings (SSSR count). The van der Waals surface area contributed by atoms with Crippen molar-refractivity contribution in [3.8, 4) is 23.4 Å². The monoisotopic (exact) mass is 373 g/mol. The fourth-order valence-electron chi connectivity index (χ4n) is 2.49. The van der Waals surface area contributed by atoms with E-state index in [1.165, 1.54) is 25.7 Å². The van der Waals surface area contributed by atoms with E-state index >= 15 is 0 Å². The molecule has 7 heteroatoms. The van der Waals surface area contributed by atoms with E-state index in [9.17, 15) is 9.90 Å². The molecule has 0 aliphatic rings. The molecule has 0 atom stereocenters. The summed E-state index contributed by atoms with van der Waals surface area (Å²) in [6.45, 7) is 2.70. The van der Waals surface area contributed by atoms with Gasteiger partial charge in [-0.2, -0.15) is 9.97 Å². The van der Waals surface area contributed by atoms with Crippen molar-refractivity contribution >= 4 is 5.97 Å². The normalized spacial score (nSPS) is 10.6. The number of aromatic nitrogens is 3. The highest BCUT2D eigenvalue weighted by Gasteiger charge is 2.10. The zero-order valence-electron chi connectivity index (χ0n) is 15.8. The maximum absolute atomic E-state index is 11.7. The number of hydrogen-bond acceptors (Lipinski definition) is 7. The Morgan fingerprint density at radius 3 is 2.48 bits per heavy atom. The van der Waals surface area contributed by atoms with Crippen LogP contribution in [0, 0.1) is 0 Å². The summed E-state index contributed by atoms with van der Waals surface area (Å²) in [5, 5.41) is 9.65. The van der Waals surface area contributed by atoms with Crippen molar-refractivity contribution in [2.45, 2.75) is 51.9 Å². The second-order valence-corrected chi connectivity index (χ2v) is 6.19. The molecule has 0 amide bonds. The Hall–Kier alpha value is -2.70. The third-order valence-electron chi connectivity index (χ3n) is 3.93. The SMILES string of the molecule is CCCCCCCCOC(=O)CCOc1nc(O)nc(-c2ccccc2)n1. The van der Waals surface area contributed by atoms with E-state index in [2.05, 4.69) is 21.9 Å². The van der Waals surface area contributed by atoms with Gasteiger partial charge in [-0.3, -0.25) is 4.79 Å². The number of aromatic hydroxyl groups is 1. The zero-order chi connectivity index (χ0) is 19.3. The molecule has 1 heterocycles. The number of ether oxygens (including phenoxy) is 2. The van der Waals surface area contributed by atoms with Crippen LogP contribution in [0.2, 0.25) is 0 Å². The van der Waals surface area contributed by atoms with Gasteiger partial charge in [-0.05, 0) is 6.42 Å². The van der Waals surface area contributed by atoms with Gasteiger partial charge in [0, 0.05) is 5.56 Å². The lowest BCUT2D eigenvalue weighted by Crippen LogP contribution is -2.12. The van der Waals surface area contributed by atoms with Crippen LogP contribution in [0.3, 0.4) is 0 Å². The van der Waals surface area contributed by atoms with E-state index in [1.807, 2.05) is 30.3 Å². The van der Waals surface area contributed by atoms with Gasteiger partial charge in [-0.15, -0.1) is 4.98 Å². The van der Waals surface area contributed by atoms with Crippen LogP contribution in [0.4, 0.5) is 0 Å². The van der Waals surface area contributed by atoms with Crippen LogP contribution in [0.5, 0.6) is 12.0 Å². The molecule has 0 radical (unpaired) electrons. The largest absolute Gasteiger partial charge is 0.479 e. The first kappa shape index (κ1) is 20.6. The van der Waals surface area contributed by atoms with E-state index in [0.717, 1.165) is 18.4 Å².